The third-order valence-electron chi connectivity index (χ3n) is 6.52. The van der Waals surface area contributed by atoms with Crippen LogP contribution in [-0.4, -0.2) is 70.3 Å². The lowest BCUT2D eigenvalue weighted by Gasteiger charge is -2.33. The van der Waals surface area contributed by atoms with E-state index < -0.39 is 28.5 Å². The molecule has 0 radical (unpaired) electrons. The smallest absolute Gasteiger partial charge is 0.244 e. The highest BCUT2D eigenvalue weighted by Gasteiger charge is 2.32. The number of methoxy groups -OCH3 is 1. The van der Waals surface area contributed by atoms with E-state index >= 15 is 0 Å². The molecule has 1 unspecified atom stereocenters. The Labute approximate surface area is 231 Å². The van der Waals surface area contributed by atoms with Gasteiger partial charge in [0.1, 0.15) is 31.5 Å². The van der Waals surface area contributed by atoms with Gasteiger partial charge < -0.3 is 24.4 Å². The van der Waals surface area contributed by atoms with Crippen LogP contribution in [0.5, 0.6) is 17.2 Å². The summed E-state index contributed by atoms with van der Waals surface area (Å²) in [6.45, 7) is 6.30. The molecule has 0 aromatic heterocycles. The van der Waals surface area contributed by atoms with E-state index in [0.717, 1.165) is 22.7 Å². The quantitative estimate of drug-likeness (QED) is 0.352. The van der Waals surface area contributed by atoms with Gasteiger partial charge in [0.15, 0.2) is 11.5 Å². The average molecular weight is 562 g/mol. The highest BCUT2D eigenvalue weighted by atomic mass is 32.2. The van der Waals surface area contributed by atoms with Gasteiger partial charge in [0.05, 0.1) is 18.6 Å². The van der Waals surface area contributed by atoms with Gasteiger partial charge in [-0.15, -0.1) is 0 Å². The van der Waals surface area contributed by atoms with Crippen LogP contribution in [0.4, 0.5) is 5.69 Å². The summed E-state index contributed by atoms with van der Waals surface area (Å²) < 4.78 is 43.9. The van der Waals surface area contributed by atoms with Gasteiger partial charge in [-0.1, -0.05) is 32.4 Å². The minimum atomic E-state index is -3.85. The fourth-order valence-electron chi connectivity index (χ4n) is 4.26. The Morgan fingerprint density at radius 2 is 1.72 bits per heavy atom. The second kappa shape index (κ2) is 14.1. The van der Waals surface area contributed by atoms with Crippen LogP contribution < -0.4 is 23.8 Å². The first-order chi connectivity index (χ1) is 18.7. The number of ether oxygens (including phenoxy) is 3. The normalized spacial score (nSPS) is 13.3. The SMILES string of the molecule is CCCCNC(=O)C(CC)N(Cc1ccc(OC)cc1)C(=O)CN(c1ccc2c(c1)OCCO2)S(=O)(=O)CC. The molecule has 0 saturated heterocycles. The summed E-state index contributed by atoms with van der Waals surface area (Å²) in [6.07, 6.45) is 2.11. The lowest BCUT2D eigenvalue weighted by atomic mass is 10.1. The van der Waals surface area contributed by atoms with Crippen molar-refractivity contribution in [1.82, 2.24) is 10.2 Å². The van der Waals surface area contributed by atoms with Crippen molar-refractivity contribution in [2.24, 2.45) is 0 Å². The molecular formula is C28H39N3O7S. The Bertz CT molecular complexity index is 1220. The van der Waals surface area contributed by atoms with E-state index in [1.54, 1.807) is 37.4 Å². The van der Waals surface area contributed by atoms with E-state index in [0.29, 0.717) is 49.1 Å². The summed E-state index contributed by atoms with van der Waals surface area (Å²) in [4.78, 5) is 28.5. The predicted octanol–water partition coefficient (Wildman–Crippen LogP) is 3.35. The van der Waals surface area contributed by atoms with Crippen LogP contribution in [-0.2, 0) is 26.2 Å². The number of nitrogens with zero attached hydrogens (tertiary/aromatic N) is 2. The number of carbonyl (C=O) groups excluding carboxylic acids is 2. The third kappa shape index (κ3) is 7.78. The van der Waals surface area contributed by atoms with Gasteiger partial charge in [0.25, 0.3) is 0 Å². The van der Waals surface area contributed by atoms with Crippen molar-refractivity contribution in [2.75, 3.05) is 43.5 Å². The highest BCUT2D eigenvalue weighted by molar-refractivity contribution is 7.92. The number of rotatable bonds is 14. The molecule has 11 heteroatoms. The number of fused-ring (bicyclic) bond motifs is 1. The number of unbranched alkanes of at least 4 members (excludes halogenated alkanes) is 1. The van der Waals surface area contributed by atoms with Crippen molar-refractivity contribution in [3.63, 3.8) is 0 Å². The fraction of sp³-hybridized carbons (Fsp3) is 0.500. The highest BCUT2D eigenvalue weighted by Crippen LogP contribution is 2.35. The number of benzene rings is 2. The topological polar surface area (TPSA) is 114 Å². The second-order valence-corrected chi connectivity index (χ2v) is 11.4. The number of hydrogen-bond donors (Lipinski definition) is 1. The molecule has 10 nitrogen and oxygen atoms in total. The first kappa shape index (κ1) is 30.1. The van der Waals surface area contributed by atoms with Crippen LogP contribution in [0.3, 0.4) is 0 Å². The van der Waals surface area contributed by atoms with E-state index in [4.69, 9.17) is 14.2 Å². The van der Waals surface area contributed by atoms with Gasteiger partial charge in [-0.3, -0.25) is 13.9 Å². The lowest BCUT2D eigenvalue weighted by molar-refractivity contribution is -0.140. The van der Waals surface area contributed by atoms with Crippen molar-refractivity contribution in [3.8, 4) is 17.2 Å². The number of carbonyl (C=O) groups is 2. The molecule has 1 atom stereocenters. The molecule has 0 saturated carbocycles. The maximum absolute atomic E-state index is 13.9. The van der Waals surface area contributed by atoms with E-state index in [1.165, 1.54) is 11.8 Å². The first-order valence-corrected chi connectivity index (χ1v) is 14.9. The Kier molecular flexibility index (Phi) is 10.8. The largest absolute Gasteiger partial charge is 0.497 e. The minimum absolute atomic E-state index is 0.129. The van der Waals surface area contributed by atoms with Crippen LogP contribution in [0.25, 0.3) is 0 Å². The Morgan fingerprint density at radius 1 is 1.03 bits per heavy atom. The van der Waals surface area contributed by atoms with E-state index in [2.05, 4.69) is 5.32 Å². The zero-order chi connectivity index (χ0) is 28.4. The molecule has 1 aliphatic heterocycles. The average Bonchev–Trinajstić information content (AvgIpc) is 2.95. The number of hydrogen-bond acceptors (Lipinski definition) is 7. The summed E-state index contributed by atoms with van der Waals surface area (Å²) in [5, 5.41) is 2.92. The van der Waals surface area contributed by atoms with Gasteiger partial charge in [0.2, 0.25) is 21.8 Å². The molecule has 2 aromatic rings. The van der Waals surface area contributed by atoms with Gasteiger partial charge in [-0.05, 0) is 49.6 Å². The number of nitrogens with one attached hydrogen (secondary N) is 1. The molecule has 39 heavy (non-hydrogen) atoms. The second-order valence-electron chi connectivity index (χ2n) is 9.17. The van der Waals surface area contributed by atoms with Crippen molar-refractivity contribution < 1.29 is 32.2 Å². The van der Waals surface area contributed by atoms with E-state index in [1.807, 2.05) is 26.0 Å². The molecular weight excluding hydrogens is 522 g/mol. The molecule has 0 bridgehead atoms. The number of anilines is 1. The molecule has 0 spiro atoms. The zero-order valence-electron chi connectivity index (χ0n) is 23.1. The summed E-state index contributed by atoms with van der Waals surface area (Å²) in [7, 11) is -2.28. The summed E-state index contributed by atoms with van der Waals surface area (Å²) >= 11 is 0. The van der Waals surface area contributed by atoms with Crippen molar-refractivity contribution in [1.29, 1.82) is 0 Å². The summed E-state index contributed by atoms with van der Waals surface area (Å²) in [6, 6.07) is 11.2. The lowest BCUT2D eigenvalue weighted by Crippen LogP contribution is -2.52. The molecule has 2 amide bonds. The minimum Gasteiger partial charge on any atom is -0.497 e. The number of sulfonamides is 1. The van der Waals surface area contributed by atoms with Gasteiger partial charge in [-0.25, -0.2) is 8.42 Å². The fourth-order valence-corrected chi connectivity index (χ4v) is 5.31. The third-order valence-corrected chi connectivity index (χ3v) is 8.26. The summed E-state index contributed by atoms with van der Waals surface area (Å²) in [5.74, 6) is 0.634. The molecule has 0 fully saturated rings. The molecule has 2 aromatic carbocycles. The van der Waals surface area contributed by atoms with E-state index in [-0.39, 0.29) is 18.2 Å². The van der Waals surface area contributed by atoms with Crippen molar-refractivity contribution in [2.45, 2.75) is 52.6 Å². The monoisotopic (exact) mass is 561 g/mol. The first-order valence-electron chi connectivity index (χ1n) is 13.3. The predicted molar refractivity (Wildman–Crippen MR) is 150 cm³/mol. The van der Waals surface area contributed by atoms with Crippen LogP contribution in [0.1, 0.15) is 45.6 Å². The Morgan fingerprint density at radius 3 is 2.33 bits per heavy atom. The van der Waals surface area contributed by atoms with Crippen LogP contribution in [0.2, 0.25) is 0 Å². The van der Waals surface area contributed by atoms with Crippen LogP contribution in [0.15, 0.2) is 42.5 Å². The standard InChI is InChI=1S/C28H39N3O7S/c1-5-8-15-29-28(33)24(6-2)30(19-21-9-12-23(36-4)13-10-21)27(32)20-31(39(34,35)7-3)22-11-14-25-26(18-22)38-17-16-37-25/h9-14,18,24H,5-8,15-17,19-20H2,1-4H3,(H,29,33). The summed E-state index contributed by atoms with van der Waals surface area (Å²) in [5.41, 5.74) is 1.08. The molecule has 1 aliphatic rings. The van der Waals surface area contributed by atoms with Crippen molar-refractivity contribution >= 4 is 27.5 Å². The Hall–Kier alpha value is -3.47. The van der Waals surface area contributed by atoms with Gasteiger partial charge >= 0.3 is 0 Å². The van der Waals surface area contributed by atoms with Crippen LogP contribution >= 0.6 is 0 Å². The Balaban J connectivity index is 1.95. The molecule has 0 aliphatic carbocycles. The van der Waals surface area contributed by atoms with Gasteiger partial charge in [0, 0.05) is 19.2 Å². The molecule has 1 heterocycles. The van der Waals surface area contributed by atoms with Crippen LogP contribution in [0, 0.1) is 0 Å². The van der Waals surface area contributed by atoms with E-state index in [9.17, 15) is 18.0 Å². The zero-order valence-corrected chi connectivity index (χ0v) is 24.0. The molecule has 214 valence electrons. The number of amides is 2. The van der Waals surface area contributed by atoms with Crippen molar-refractivity contribution in [3.05, 3.63) is 48.0 Å². The maximum atomic E-state index is 13.9. The van der Waals surface area contributed by atoms with Gasteiger partial charge in [-0.2, -0.15) is 0 Å². The molecule has 1 N–H and O–H groups in total. The molecule has 3 rings (SSSR count). The maximum Gasteiger partial charge on any atom is 0.244 e.